The fourth-order valence-corrected chi connectivity index (χ4v) is 4.12. The summed E-state index contributed by atoms with van der Waals surface area (Å²) in [7, 11) is -2.18. The maximum atomic E-state index is 14.0. The molecule has 0 spiro atoms. The third-order valence-corrected chi connectivity index (χ3v) is 6.04. The van der Waals surface area contributed by atoms with Gasteiger partial charge in [-0.1, -0.05) is 29.8 Å². The number of methoxy groups -OCH3 is 1. The van der Waals surface area contributed by atoms with Crippen molar-refractivity contribution in [2.45, 2.75) is 6.54 Å². The van der Waals surface area contributed by atoms with Crippen LogP contribution in [-0.4, -0.2) is 34.3 Å². The van der Waals surface area contributed by atoms with Crippen LogP contribution < -0.4 is 19.1 Å². The SMILES string of the molecule is COc1ccc(NC(=O)COc2ccc(N(Cc3ccccc3F)S(C)(=O)=O)cc2)cc1Cl. The molecule has 3 aromatic carbocycles. The quantitative estimate of drug-likeness (QED) is 0.476. The van der Waals surface area contributed by atoms with Crippen molar-refractivity contribution < 1.29 is 27.1 Å². The third-order valence-electron chi connectivity index (χ3n) is 4.60. The molecular weight excluding hydrogens is 471 g/mol. The highest BCUT2D eigenvalue weighted by molar-refractivity contribution is 7.92. The van der Waals surface area contributed by atoms with Crippen LogP contribution in [0.15, 0.2) is 66.7 Å². The summed E-state index contributed by atoms with van der Waals surface area (Å²) >= 11 is 6.04. The first-order chi connectivity index (χ1) is 15.7. The number of halogens is 2. The molecule has 0 radical (unpaired) electrons. The molecule has 0 aliphatic rings. The molecule has 0 atom stereocenters. The van der Waals surface area contributed by atoms with Crippen LogP contribution in [0, 0.1) is 5.82 Å². The van der Waals surface area contributed by atoms with Gasteiger partial charge in [0, 0.05) is 11.3 Å². The van der Waals surface area contributed by atoms with Crippen LogP contribution in [0.5, 0.6) is 11.5 Å². The molecule has 7 nitrogen and oxygen atoms in total. The Morgan fingerprint density at radius 1 is 1.09 bits per heavy atom. The number of rotatable bonds is 9. The summed E-state index contributed by atoms with van der Waals surface area (Å²) in [5, 5.41) is 3.02. The second-order valence-electron chi connectivity index (χ2n) is 7.04. The molecule has 0 unspecified atom stereocenters. The predicted molar refractivity (Wildman–Crippen MR) is 126 cm³/mol. The lowest BCUT2D eigenvalue weighted by atomic mass is 10.2. The van der Waals surface area contributed by atoms with Crippen molar-refractivity contribution in [3.05, 3.63) is 83.1 Å². The van der Waals surface area contributed by atoms with Gasteiger partial charge in [-0.15, -0.1) is 0 Å². The van der Waals surface area contributed by atoms with E-state index in [4.69, 9.17) is 21.1 Å². The fourth-order valence-electron chi connectivity index (χ4n) is 2.98. The lowest BCUT2D eigenvalue weighted by molar-refractivity contribution is -0.118. The van der Waals surface area contributed by atoms with Crippen LogP contribution in [0.4, 0.5) is 15.8 Å². The Hall–Kier alpha value is -3.30. The van der Waals surface area contributed by atoms with Crippen molar-refractivity contribution in [2.24, 2.45) is 0 Å². The minimum atomic E-state index is -3.67. The molecule has 1 N–H and O–H groups in total. The minimum Gasteiger partial charge on any atom is -0.495 e. The second kappa shape index (κ2) is 10.5. The molecule has 174 valence electrons. The van der Waals surface area contributed by atoms with Gasteiger partial charge >= 0.3 is 0 Å². The van der Waals surface area contributed by atoms with E-state index in [2.05, 4.69) is 5.32 Å². The molecule has 0 aliphatic carbocycles. The first kappa shape index (κ1) is 24.3. The largest absolute Gasteiger partial charge is 0.495 e. The number of benzene rings is 3. The number of hydrogen-bond acceptors (Lipinski definition) is 5. The molecule has 0 heterocycles. The number of nitrogens with zero attached hydrogens (tertiary/aromatic N) is 1. The highest BCUT2D eigenvalue weighted by Crippen LogP contribution is 2.27. The van der Waals surface area contributed by atoms with Crippen molar-refractivity contribution >= 4 is 38.9 Å². The van der Waals surface area contributed by atoms with E-state index in [1.165, 1.54) is 49.6 Å². The van der Waals surface area contributed by atoms with Crippen LogP contribution in [0.2, 0.25) is 5.02 Å². The average Bonchev–Trinajstić information content (AvgIpc) is 2.77. The van der Waals surface area contributed by atoms with E-state index < -0.39 is 21.7 Å². The zero-order chi connectivity index (χ0) is 24.0. The van der Waals surface area contributed by atoms with Gasteiger partial charge in [0.05, 0.1) is 30.6 Å². The number of ether oxygens (including phenoxy) is 2. The van der Waals surface area contributed by atoms with Crippen molar-refractivity contribution in [1.82, 2.24) is 0 Å². The van der Waals surface area contributed by atoms with Gasteiger partial charge < -0.3 is 14.8 Å². The molecule has 3 rings (SSSR count). The Bertz CT molecular complexity index is 1240. The standard InChI is InChI=1S/C23H22ClFN2O5S/c1-31-22-12-7-17(13-20(22)24)26-23(28)15-32-19-10-8-18(9-11-19)27(33(2,29)30)14-16-5-3-4-6-21(16)25/h3-13H,14-15H2,1-2H3,(H,26,28). The molecule has 0 fully saturated rings. The van der Waals surface area contributed by atoms with Gasteiger partial charge in [0.25, 0.3) is 5.91 Å². The molecule has 33 heavy (non-hydrogen) atoms. The third kappa shape index (κ3) is 6.59. The van der Waals surface area contributed by atoms with Crippen LogP contribution in [-0.2, 0) is 21.4 Å². The summed E-state index contributed by atoms with van der Waals surface area (Å²) in [5.41, 5.74) is 1.07. The van der Waals surface area contributed by atoms with E-state index in [0.29, 0.717) is 27.9 Å². The normalized spacial score (nSPS) is 11.0. The maximum Gasteiger partial charge on any atom is 0.262 e. The number of anilines is 2. The molecule has 0 saturated carbocycles. The van der Waals surface area contributed by atoms with Crippen molar-refractivity contribution in [3.63, 3.8) is 0 Å². The van der Waals surface area contributed by atoms with Crippen molar-refractivity contribution in [1.29, 1.82) is 0 Å². The van der Waals surface area contributed by atoms with Gasteiger partial charge in [-0.25, -0.2) is 12.8 Å². The lowest BCUT2D eigenvalue weighted by Crippen LogP contribution is -2.29. The lowest BCUT2D eigenvalue weighted by Gasteiger charge is -2.23. The molecule has 10 heteroatoms. The molecule has 1 amide bonds. The van der Waals surface area contributed by atoms with Crippen LogP contribution >= 0.6 is 11.6 Å². The zero-order valence-corrected chi connectivity index (χ0v) is 19.5. The van der Waals surface area contributed by atoms with E-state index >= 15 is 0 Å². The number of carbonyl (C=O) groups excluding carboxylic acids is 1. The highest BCUT2D eigenvalue weighted by atomic mass is 35.5. The Morgan fingerprint density at radius 2 is 1.79 bits per heavy atom. The Labute approximate surface area is 196 Å². The summed E-state index contributed by atoms with van der Waals surface area (Å²) in [4.78, 5) is 12.2. The topological polar surface area (TPSA) is 84.9 Å². The van der Waals surface area contributed by atoms with Crippen molar-refractivity contribution in [3.8, 4) is 11.5 Å². The van der Waals surface area contributed by atoms with Gasteiger partial charge in [0.15, 0.2) is 6.61 Å². The average molecular weight is 493 g/mol. The number of hydrogen-bond donors (Lipinski definition) is 1. The van der Waals surface area contributed by atoms with E-state index in [1.54, 1.807) is 24.3 Å². The van der Waals surface area contributed by atoms with Gasteiger partial charge in [-0.3, -0.25) is 9.10 Å². The predicted octanol–water partition coefficient (Wildman–Crippen LogP) is 4.47. The van der Waals surface area contributed by atoms with E-state index in [-0.39, 0.29) is 18.7 Å². The monoisotopic (exact) mass is 492 g/mol. The number of nitrogens with one attached hydrogen (secondary N) is 1. The van der Waals surface area contributed by atoms with Crippen LogP contribution in [0.1, 0.15) is 5.56 Å². The minimum absolute atomic E-state index is 0.154. The fraction of sp³-hybridized carbons (Fsp3) is 0.174. The smallest absolute Gasteiger partial charge is 0.262 e. The Balaban J connectivity index is 1.64. The number of amides is 1. The van der Waals surface area contributed by atoms with Crippen LogP contribution in [0.3, 0.4) is 0 Å². The summed E-state index contributed by atoms with van der Waals surface area (Å²) in [6.07, 6.45) is 1.05. The van der Waals surface area contributed by atoms with Gasteiger partial charge in [-0.2, -0.15) is 0 Å². The molecule has 0 bridgehead atoms. The molecule has 0 saturated heterocycles. The Morgan fingerprint density at radius 3 is 2.39 bits per heavy atom. The maximum absolute atomic E-state index is 14.0. The molecular formula is C23H22ClFN2O5S. The number of carbonyl (C=O) groups is 1. The summed E-state index contributed by atoms with van der Waals surface area (Å²) in [5.74, 6) is -0.0435. The number of sulfonamides is 1. The van der Waals surface area contributed by atoms with Crippen molar-refractivity contribution in [2.75, 3.05) is 29.6 Å². The zero-order valence-electron chi connectivity index (χ0n) is 17.9. The summed E-state index contributed by atoms with van der Waals surface area (Å²) in [6.45, 7) is -0.424. The summed E-state index contributed by atoms with van der Waals surface area (Å²) < 4.78 is 50.2. The molecule has 0 aromatic heterocycles. The van der Waals surface area contributed by atoms with Crippen LogP contribution in [0.25, 0.3) is 0 Å². The van der Waals surface area contributed by atoms with E-state index in [0.717, 1.165) is 10.6 Å². The van der Waals surface area contributed by atoms with Gasteiger partial charge in [0.1, 0.15) is 17.3 Å². The van der Waals surface area contributed by atoms with E-state index in [1.807, 2.05) is 0 Å². The Kier molecular flexibility index (Phi) is 7.78. The summed E-state index contributed by atoms with van der Waals surface area (Å²) in [6, 6.07) is 16.9. The first-order valence-corrected chi connectivity index (χ1v) is 12.0. The van der Waals surface area contributed by atoms with Gasteiger partial charge in [0.2, 0.25) is 10.0 Å². The van der Waals surface area contributed by atoms with E-state index in [9.17, 15) is 17.6 Å². The molecule has 0 aliphatic heterocycles. The molecule has 3 aromatic rings. The second-order valence-corrected chi connectivity index (χ2v) is 9.36. The van der Waals surface area contributed by atoms with Gasteiger partial charge in [-0.05, 0) is 48.5 Å². The highest BCUT2D eigenvalue weighted by Gasteiger charge is 2.19. The first-order valence-electron chi connectivity index (χ1n) is 9.75.